The van der Waals surface area contributed by atoms with Gasteiger partial charge in [-0.3, -0.25) is 9.78 Å². The van der Waals surface area contributed by atoms with Gasteiger partial charge in [0.25, 0.3) is 0 Å². The zero-order valence-electron chi connectivity index (χ0n) is 8.62. The Bertz CT molecular complexity index is 500. The summed E-state index contributed by atoms with van der Waals surface area (Å²) in [7, 11) is 1.52. The number of rotatable bonds is 3. The third kappa shape index (κ3) is 2.03. The van der Waals surface area contributed by atoms with E-state index in [0.29, 0.717) is 11.3 Å². The molecule has 0 unspecified atom stereocenters. The molecule has 0 aliphatic rings. The predicted octanol–water partition coefficient (Wildman–Crippen LogP) is 1.11. The Morgan fingerprint density at radius 2 is 2.00 bits per heavy atom. The van der Waals surface area contributed by atoms with Gasteiger partial charge < -0.3 is 4.74 Å². The molecule has 0 amide bonds. The molecule has 0 aromatic carbocycles. The smallest absolute Gasteiger partial charge is 0.231 e. The second kappa shape index (κ2) is 4.48. The van der Waals surface area contributed by atoms with Crippen LogP contribution in [0, 0.1) is 0 Å². The van der Waals surface area contributed by atoms with Gasteiger partial charge in [-0.1, -0.05) is 0 Å². The largest absolute Gasteiger partial charge is 0.495 e. The molecule has 2 aromatic heterocycles. The highest BCUT2D eigenvalue weighted by molar-refractivity contribution is 6.06. The first-order chi connectivity index (χ1) is 7.81. The average Bonchev–Trinajstić information content (AvgIpc) is 2.39. The number of methoxy groups -OCH3 is 1. The molecule has 0 atom stereocenters. The number of ketones is 1. The Hall–Kier alpha value is -2.30. The van der Waals surface area contributed by atoms with E-state index < -0.39 is 0 Å². The zero-order chi connectivity index (χ0) is 11.4. The maximum atomic E-state index is 11.9. The fourth-order valence-corrected chi connectivity index (χ4v) is 1.20. The van der Waals surface area contributed by atoms with E-state index in [4.69, 9.17) is 4.74 Å². The minimum Gasteiger partial charge on any atom is -0.495 e. The molecule has 0 N–H and O–H groups in total. The molecule has 0 saturated heterocycles. The van der Waals surface area contributed by atoms with Crippen LogP contribution in [0.15, 0.2) is 36.9 Å². The third-order valence-corrected chi connectivity index (χ3v) is 1.98. The van der Waals surface area contributed by atoms with Gasteiger partial charge in [-0.25, -0.2) is 9.97 Å². The van der Waals surface area contributed by atoms with Gasteiger partial charge >= 0.3 is 0 Å². The first-order valence-corrected chi connectivity index (χ1v) is 4.62. The minimum atomic E-state index is -0.271. The molecule has 80 valence electrons. The third-order valence-electron chi connectivity index (χ3n) is 1.98. The van der Waals surface area contributed by atoms with Crippen molar-refractivity contribution in [2.75, 3.05) is 7.11 Å². The van der Waals surface area contributed by atoms with Crippen molar-refractivity contribution in [3.05, 3.63) is 48.3 Å². The minimum absolute atomic E-state index is 0.151. The average molecular weight is 215 g/mol. The molecule has 0 aliphatic carbocycles. The van der Waals surface area contributed by atoms with Crippen molar-refractivity contribution < 1.29 is 9.53 Å². The Labute approximate surface area is 92.2 Å². The Morgan fingerprint density at radius 1 is 1.25 bits per heavy atom. The molecular formula is C11H9N3O2. The summed E-state index contributed by atoms with van der Waals surface area (Å²) in [4.78, 5) is 23.6. The Kier molecular flexibility index (Phi) is 2.86. The van der Waals surface area contributed by atoms with E-state index in [1.54, 1.807) is 12.1 Å². The van der Waals surface area contributed by atoms with Gasteiger partial charge in [0.1, 0.15) is 5.75 Å². The summed E-state index contributed by atoms with van der Waals surface area (Å²) in [5.41, 5.74) is 0.408. The molecular weight excluding hydrogens is 206 g/mol. The van der Waals surface area contributed by atoms with Crippen molar-refractivity contribution in [1.29, 1.82) is 0 Å². The van der Waals surface area contributed by atoms with Gasteiger partial charge in [0.05, 0.1) is 13.3 Å². The normalized spacial score (nSPS) is 9.81. The molecule has 2 aromatic rings. The summed E-state index contributed by atoms with van der Waals surface area (Å²) >= 11 is 0. The van der Waals surface area contributed by atoms with Crippen LogP contribution >= 0.6 is 0 Å². The lowest BCUT2D eigenvalue weighted by Crippen LogP contribution is -2.06. The van der Waals surface area contributed by atoms with Crippen LogP contribution in [0.1, 0.15) is 16.2 Å². The van der Waals surface area contributed by atoms with E-state index in [1.165, 1.54) is 31.9 Å². The number of nitrogens with zero attached hydrogens (tertiary/aromatic N) is 3. The second-order valence-electron chi connectivity index (χ2n) is 3.01. The van der Waals surface area contributed by atoms with Crippen LogP contribution in [0.25, 0.3) is 0 Å². The lowest BCUT2D eigenvalue weighted by molar-refractivity contribution is 0.102. The van der Waals surface area contributed by atoms with E-state index >= 15 is 0 Å². The molecule has 16 heavy (non-hydrogen) atoms. The Balaban J connectivity index is 2.34. The molecule has 0 saturated carbocycles. The number of hydrogen-bond acceptors (Lipinski definition) is 5. The quantitative estimate of drug-likeness (QED) is 0.717. The van der Waals surface area contributed by atoms with Crippen LogP contribution in [0.3, 0.4) is 0 Å². The summed E-state index contributed by atoms with van der Waals surface area (Å²) in [6.45, 7) is 0. The summed E-state index contributed by atoms with van der Waals surface area (Å²) in [6.07, 6.45) is 6.03. The summed E-state index contributed by atoms with van der Waals surface area (Å²) in [5.74, 6) is 0.409. The zero-order valence-corrected chi connectivity index (χ0v) is 8.62. The summed E-state index contributed by atoms with van der Waals surface area (Å²) in [6, 6.07) is 3.26. The van der Waals surface area contributed by atoms with Crippen LogP contribution in [0.5, 0.6) is 5.75 Å². The highest BCUT2D eigenvalue weighted by atomic mass is 16.5. The van der Waals surface area contributed by atoms with Crippen molar-refractivity contribution in [3.8, 4) is 5.75 Å². The molecule has 0 radical (unpaired) electrons. The number of carbonyl (C=O) groups is 1. The highest BCUT2D eigenvalue weighted by Crippen LogP contribution is 2.12. The van der Waals surface area contributed by atoms with Crippen LogP contribution in [-0.4, -0.2) is 27.8 Å². The summed E-state index contributed by atoms with van der Waals surface area (Å²) < 4.78 is 4.99. The van der Waals surface area contributed by atoms with E-state index in [0.717, 1.165) is 0 Å². The van der Waals surface area contributed by atoms with Crippen molar-refractivity contribution >= 4 is 5.78 Å². The number of ether oxygens (including phenoxy) is 1. The van der Waals surface area contributed by atoms with Crippen LogP contribution in [0.4, 0.5) is 0 Å². The maximum Gasteiger partial charge on any atom is 0.231 e. The van der Waals surface area contributed by atoms with Gasteiger partial charge in [-0.2, -0.15) is 0 Å². The number of hydrogen-bond donors (Lipinski definition) is 0. The molecule has 2 rings (SSSR count). The van der Waals surface area contributed by atoms with E-state index in [-0.39, 0.29) is 11.6 Å². The van der Waals surface area contributed by atoms with Crippen LogP contribution in [0.2, 0.25) is 0 Å². The van der Waals surface area contributed by atoms with Crippen LogP contribution < -0.4 is 4.74 Å². The van der Waals surface area contributed by atoms with Gasteiger partial charge in [0, 0.05) is 24.2 Å². The maximum absolute atomic E-state index is 11.9. The van der Waals surface area contributed by atoms with Gasteiger partial charge in [0.2, 0.25) is 11.6 Å². The van der Waals surface area contributed by atoms with E-state index in [9.17, 15) is 4.79 Å². The molecule has 0 fully saturated rings. The number of carbonyl (C=O) groups excluding carboxylic acids is 1. The topological polar surface area (TPSA) is 65.0 Å². The summed E-state index contributed by atoms with van der Waals surface area (Å²) in [5, 5.41) is 0. The molecule has 0 spiro atoms. The van der Waals surface area contributed by atoms with E-state index in [1.807, 2.05) is 0 Å². The standard InChI is InChI=1S/C11H9N3O2/c1-16-9-5-8(6-12-7-9)10(15)11-13-3-2-4-14-11/h2-7H,1H3. The lowest BCUT2D eigenvalue weighted by atomic mass is 10.2. The predicted molar refractivity (Wildman–Crippen MR) is 56.3 cm³/mol. The number of pyridine rings is 1. The van der Waals surface area contributed by atoms with Crippen molar-refractivity contribution in [2.24, 2.45) is 0 Å². The van der Waals surface area contributed by atoms with Crippen molar-refractivity contribution in [1.82, 2.24) is 15.0 Å². The molecule has 5 heteroatoms. The van der Waals surface area contributed by atoms with Gasteiger partial charge in [-0.15, -0.1) is 0 Å². The van der Waals surface area contributed by atoms with Crippen LogP contribution in [-0.2, 0) is 0 Å². The highest BCUT2D eigenvalue weighted by Gasteiger charge is 2.12. The second-order valence-corrected chi connectivity index (χ2v) is 3.01. The number of aromatic nitrogens is 3. The monoisotopic (exact) mass is 215 g/mol. The Morgan fingerprint density at radius 3 is 2.69 bits per heavy atom. The molecule has 5 nitrogen and oxygen atoms in total. The van der Waals surface area contributed by atoms with Gasteiger partial charge in [0.15, 0.2) is 0 Å². The fourth-order valence-electron chi connectivity index (χ4n) is 1.20. The molecule has 0 bridgehead atoms. The van der Waals surface area contributed by atoms with Crippen molar-refractivity contribution in [2.45, 2.75) is 0 Å². The SMILES string of the molecule is COc1cncc(C(=O)c2ncccn2)c1. The molecule has 2 heterocycles. The van der Waals surface area contributed by atoms with Crippen molar-refractivity contribution in [3.63, 3.8) is 0 Å². The lowest BCUT2D eigenvalue weighted by Gasteiger charge is -2.01. The van der Waals surface area contributed by atoms with Gasteiger partial charge in [-0.05, 0) is 12.1 Å². The first kappa shape index (κ1) is 10.2. The van der Waals surface area contributed by atoms with E-state index in [2.05, 4.69) is 15.0 Å². The molecule has 0 aliphatic heterocycles. The first-order valence-electron chi connectivity index (χ1n) is 4.62. The fraction of sp³-hybridized carbons (Fsp3) is 0.0909.